The van der Waals surface area contributed by atoms with E-state index in [4.69, 9.17) is 0 Å². The summed E-state index contributed by atoms with van der Waals surface area (Å²) in [6, 6.07) is 0. The molecule has 7 heteroatoms. The monoisotopic (exact) mass is 205 g/mol. The van der Waals surface area contributed by atoms with Crippen LogP contribution in [0.5, 0.6) is 0 Å². The molecule has 0 saturated carbocycles. The molecular formula is C6H11N3O3S. The van der Waals surface area contributed by atoms with Crippen molar-refractivity contribution >= 4 is 9.84 Å². The molecule has 13 heavy (non-hydrogen) atoms. The van der Waals surface area contributed by atoms with Crippen molar-refractivity contribution in [2.75, 3.05) is 12.0 Å². The molecule has 0 saturated heterocycles. The summed E-state index contributed by atoms with van der Waals surface area (Å²) in [6.07, 6.45) is 2.90. The smallest absolute Gasteiger partial charge is 0.150 e. The first kappa shape index (κ1) is 10.1. The Morgan fingerprint density at radius 3 is 2.77 bits per heavy atom. The molecule has 1 heterocycles. The van der Waals surface area contributed by atoms with Gasteiger partial charge < -0.3 is 5.11 Å². The third-order valence-electron chi connectivity index (χ3n) is 1.36. The van der Waals surface area contributed by atoms with Crippen LogP contribution in [0.4, 0.5) is 0 Å². The summed E-state index contributed by atoms with van der Waals surface area (Å²) in [7, 11) is -3.14. The molecule has 74 valence electrons. The number of rotatable bonds is 4. The van der Waals surface area contributed by atoms with E-state index < -0.39 is 15.9 Å². The summed E-state index contributed by atoms with van der Waals surface area (Å²) in [6.45, 7) is 0.146. The number of nitrogens with zero attached hydrogens (tertiary/aromatic N) is 3. The summed E-state index contributed by atoms with van der Waals surface area (Å²) in [4.78, 5) is 3.66. The molecule has 0 spiro atoms. The fourth-order valence-electron chi connectivity index (χ4n) is 0.945. The SMILES string of the molecule is CS(=O)(=O)CC(O)Cn1cncn1. The second kappa shape index (κ2) is 3.84. The lowest BCUT2D eigenvalue weighted by Crippen LogP contribution is -2.25. The highest BCUT2D eigenvalue weighted by Gasteiger charge is 2.12. The van der Waals surface area contributed by atoms with Crippen LogP contribution in [0, 0.1) is 0 Å². The minimum Gasteiger partial charge on any atom is -0.390 e. The Morgan fingerprint density at radius 2 is 2.31 bits per heavy atom. The minimum absolute atomic E-state index is 0.146. The van der Waals surface area contributed by atoms with Crippen LogP contribution in [0.3, 0.4) is 0 Å². The molecule has 1 atom stereocenters. The van der Waals surface area contributed by atoms with Gasteiger partial charge in [-0.15, -0.1) is 0 Å². The molecule has 0 amide bonds. The average Bonchev–Trinajstić information content (AvgIpc) is 2.34. The second-order valence-corrected chi connectivity index (χ2v) is 5.05. The molecule has 0 radical (unpaired) electrons. The molecule has 0 aliphatic carbocycles. The van der Waals surface area contributed by atoms with Gasteiger partial charge in [-0.25, -0.2) is 13.4 Å². The van der Waals surface area contributed by atoms with Gasteiger partial charge in [0.1, 0.15) is 22.5 Å². The predicted molar refractivity (Wildman–Crippen MR) is 45.7 cm³/mol. The summed E-state index contributed by atoms with van der Waals surface area (Å²) < 4.78 is 22.9. The van der Waals surface area contributed by atoms with Crippen LogP contribution in [-0.4, -0.2) is 46.4 Å². The van der Waals surface area contributed by atoms with Gasteiger partial charge in [-0.05, 0) is 0 Å². The first-order chi connectivity index (χ1) is 5.97. The first-order valence-corrected chi connectivity index (χ1v) is 5.71. The summed E-state index contributed by atoms with van der Waals surface area (Å²) in [5.74, 6) is -0.257. The molecule has 0 aliphatic rings. The highest BCUT2D eigenvalue weighted by molar-refractivity contribution is 7.90. The topological polar surface area (TPSA) is 85.1 Å². The van der Waals surface area contributed by atoms with Crippen molar-refractivity contribution in [3.8, 4) is 0 Å². The normalized spacial score (nSPS) is 14.3. The number of hydrogen-bond acceptors (Lipinski definition) is 5. The molecule has 0 bridgehead atoms. The van der Waals surface area contributed by atoms with E-state index >= 15 is 0 Å². The van der Waals surface area contributed by atoms with Crippen LogP contribution in [0.1, 0.15) is 0 Å². The van der Waals surface area contributed by atoms with Crippen LogP contribution < -0.4 is 0 Å². The van der Waals surface area contributed by atoms with Gasteiger partial charge in [0.05, 0.1) is 18.4 Å². The molecule has 0 fully saturated rings. The van der Waals surface area contributed by atoms with E-state index in [1.807, 2.05) is 0 Å². The lowest BCUT2D eigenvalue weighted by Gasteiger charge is -2.07. The lowest BCUT2D eigenvalue weighted by molar-refractivity contribution is 0.171. The summed E-state index contributed by atoms with van der Waals surface area (Å²) in [5, 5.41) is 13.0. The molecule has 1 aromatic rings. The predicted octanol–water partition coefficient (Wildman–Crippen LogP) is -1.32. The van der Waals surface area contributed by atoms with E-state index in [-0.39, 0.29) is 12.3 Å². The van der Waals surface area contributed by atoms with Crippen LogP contribution in [0.2, 0.25) is 0 Å². The van der Waals surface area contributed by atoms with E-state index in [0.717, 1.165) is 6.26 Å². The Labute approximate surface area is 76.1 Å². The average molecular weight is 205 g/mol. The van der Waals surface area contributed by atoms with Crippen LogP contribution in [-0.2, 0) is 16.4 Å². The quantitative estimate of drug-likeness (QED) is 0.659. The van der Waals surface area contributed by atoms with E-state index in [9.17, 15) is 13.5 Å². The Hall–Kier alpha value is -0.950. The maximum Gasteiger partial charge on any atom is 0.150 e. The first-order valence-electron chi connectivity index (χ1n) is 3.65. The molecule has 1 rings (SSSR count). The molecule has 1 aromatic heterocycles. The Morgan fingerprint density at radius 1 is 1.62 bits per heavy atom. The maximum atomic E-state index is 10.8. The Kier molecular flexibility index (Phi) is 2.99. The van der Waals surface area contributed by atoms with Crippen molar-refractivity contribution in [1.29, 1.82) is 0 Å². The number of aliphatic hydroxyl groups excluding tert-OH is 1. The van der Waals surface area contributed by atoms with Crippen LogP contribution >= 0.6 is 0 Å². The van der Waals surface area contributed by atoms with Crippen LogP contribution in [0.25, 0.3) is 0 Å². The molecule has 0 aliphatic heterocycles. The number of sulfone groups is 1. The van der Waals surface area contributed by atoms with Crippen molar-refractivity contribution in [3.05, 3.63) is 12.7 Å². The fourth-order valence-corrected chi connectivity index (χ4v) is 1.75. The number of aromatic nitrogens is 3. The maximum absolute atomic E-state index is 10.8. The van der Waals surface area contributed by atoms with E-state index in [1.54, 1.807) is 0 Å². The van der Waals surface area contributed by atoms with Crippen LogP contribution in [0.15, 0.2) is 12.7 Å². The Bertz CT molecular complexity index is 345. The van der Waals surface area contributed by atoms with Crippen molar-refractivity contribution in [3.63, 3.8) is 0 Å². The molecular weight excluding hydrogens is 194 g/mol. The van der Waals surface area contributed by atoms with E-state index in [1.165, 1.54) is 17.3 Å². The van der Waals surface area contributed by atoms with Crippen molar-refractivity contribution < 1.29 is 13.5 Å². The Balaban J connectivity index is 2.47. The lowest BCUT2D eigenvalue weighted by atomic mass is 10.4. The van der Waals surface area contributed by atoms with Gasteiger partial charge in [-0.3, -0.25) is 4.68 Å². The van der Waals surface area contributed by atoms with Gasteiger partial charge in [0.25, 0.3) is 0 Å². The highest BCUT2D eigenvalue weighted by atomic mass is 32.2. The van der Waals surface area contributed by atoms with E-state index in [0.29, 0.717) is 0 Å². The summed E-state index contributed by atoms with van der Waals surface area (Å²) >= 11 is 0. The largest absolute Gasteiger partial charge is 0.390 e. The number of hydrogen-bond donors (Lipinski definition) is 1. The second-order valence-electron chi connectivity index (χ2n) is 2.86. The molecule has 0 aromatic carbocycles. The number of aliphatic hydroxyl groups is 1. The minimum atomic E-state index is -3.14. The summed E-state index contributed by atoms with van der Waals surface area (Å²) in [5.41, 5.74) is 0. The molecule has 6 nitrogen and oxygen atoms in total. The zero-order valence-corrected chi connectivity index (χ0v) is 7.98. The molecule has 1 N–H and O–H groups in total. The van der Waals surface area contributed by atoms with Gasteiger partial charge in [-0.2, -0.15) is 5.10 Å². The standard InChI is InChI=1S/C6H11N3O3S/c1-13(11,12)3-6(10)2-9-5-7-4-8-9/h4-6,10H,2-3H2,1H3. The van der Waals surface area contributed by atoms with Gasteiger partial charge in [0.15, 0.2) is 0 Å². The zero-order valence-electron chi connectivity index (χ0n) is 7.16. The van der Waals surface area contributed by atoms with E-state index in [2.05, 4.69) is 10.1 Å². The van der Waals surface area contributed by atoms with Gasteiger partial charge >= 0.3 is 0 Å². The van der Waals surface area contributed by atoms with Crippen molar-refractivity contribution in [2.45, 2.75) is 12.6 Å². The highest BCUT2D eigenvalue weighted by Crippen LogP contribution is 1.94. The zero-order chi connectivity index (χ0) is 9.90. The fraction of sp³-hybridized carbons (Fsp3) is 0.667. The van der Waals surface area contributed by atoms with Gasteiger partial charge in [0.2, 0.25) is 0 Å². The van der Waals surface area contributed by atoms with Gasteiger partial charge in [-0.1, -0.05) is 0 Å². The van der Waals surface area contributed by atoms with Gasteiger partial charge in [0, 0.05) is 6.26 Å². The third kappa shape index (κ3) is 4.00. The van der Waals surface area contributed by atoms with Crippen molar-refractivity contribution in [1.82, 2.24) is 14.8 Å². The van der Waals surface area contributed by atoms with Crippen molar-refractivity contribution in [2.24, 2.45) is 0 Å². The third-order valence-corrected chi connectivity index (χ3v) is 2.35. The molecule has 1 unspecified atom stereocenters.